The second kappa shape index (κ2) is 7.76. The molecule has 0 aliphatic rings. The lowest BCUT2D eigenvalue weighted by molar-refractivity contribution is -0.384. The number of ether oxygens (including phenoxy) is 1. The number of rotatable bonds is 6. The van der Waals surface area contributed by atoms with Gasteiger partial charge >= 0.3 is 5.97 Å². The quantitative estimate of drug-likeness (QED) is 0.369. The number of amides is 1. The number of nitro benzene ring substituents is 1. The highest BCUT2D eigenvalue weighted by Crippen LogP contribution is 2.21. The molecule has 1 aromatic rings. The Morgan fingerprint density at radius 2 is 1.71 bits per heavy atom. The van der Waals surface area contributed by atoms with Gasteiger partial charge in [0, 0.05) is 24.2 Å². The van der Waals surface area contributed by atoms with Gasteiger partial charge in [-0.25, -0.2) is 4.79 Å². The van der Waals surface area contributed by atoms with Crippen LogP contribution in [0.2, 0.25) is 0 Å². The number of hydrogen-bond acceptors (Lipinski definition) is 6. The molecule has 0 saturated heterocycles. The van der Waals surface area contributed by atoms with Crippen LogP contribution in [0, 0.1) is 10.1 Å². The summed E-state index contributed by atoms with van der Waals surface area (Å²) in [6, 6.07) is 3.38. The average molecular weight is 337 g/mol. The molecule has 0 fully saturated rings. The Bertz CT molecular complexity index is 635. The molecule has 1 rings (SSSR count). The highest BCUT2D eigenvalue weighted by molar-refractivity contribution is 5.97. The summed E-state index contributed by atoms with van der Waals surface area (Å²) < 4.78 is 5.18. The predicted molar refractivity (Wildman–Crippen MR) is 89.5 cm³/mol. The van der Waals surface area contributed by atoms with Crippen LogP contribution in [-0.2, 0) is 9.53 Å². The fraction of sp³-hybridized carbons (Fsp3) is 0.500. The van der Waals surface area contributed by atoms with E-state index < -0.39 is 17.0 Å². The van der Waals surface area contributed by atoms with Crippen LogP contribution in [0.3, 0.4) is 0 Å². The predicted octanol–water partition coefficient (Wildman–Crippen LogP) is 2.37. The number of anilines is 1. The van der Waals surface area contributed by atoms with Crippen molar-refractivity contribution in [3.8, 4) is 0 Å². The lowest BCUT2D eigenvalue weighted by atomic mass is 10.1. The van der Waals surface area contributed by atoms with Gasteiger partial charge in [0.15, 0.2) is 6.10 Å². The summed E-state index contributed by atoms with van der Waals surface area (Å²) in [5.74, 6) is -1.11. The van der Waals surface area contributed by atoms with Gasteiger partial charge in [0.1, 0.15) is 0 Å². The van der Waals surface area contributed by atoms with E-state index in [4.69, 9.17) is 10.5 Å². The maximum absolute atomic E-state index is 12.4. The van der Waals surface area contributed by atoms with E-state index in [1.165, 1.54) is 13.0 Å². The van der Waals surface area contributed by atoms with Crippen LogP contribution in [0.5, 0.6) is 0 Å². The number of carbonyl (C=O) groups excluding carboxylic acids is 2. The second-order valence-electron chi connectivity index (χ2n) is 6.01. The number of nitrogen functional groups attached to an aromatic ring is 1. The van der Waals surface area contributed by atoms with Gasteiger partial charge in [0.25, 0.3) is 11.6 Å². The first-order chi connectivity index (χ1) is 11.1. The third kappa shape index (κ3) is 4.43. The molecule has 0 aliphatic carbocycles. The third-order valence-electron chi connectivity index (χ3n) is 3.46. The van der Waals surface area contributed by atoms with Crippen molar-refractivity contribution in [2.24, 2.45) is 0 Å². The van der Waals surface area contributed by atoms with Gasteiger partial charge in [-0.15, -0.1) is 0 Å². The van der Waals surface area contributed by atoms with Crippen molar-refractivity contribution >= 4 is 23.3 Å². The molecule has 1 atom stereocenters. The molecule has 8 nitrogen and oxygen atoms in total. The molecule has 0 aromatic heterocycles. The van der Waals surface area contributed by atoms with E-state index >= 15 is 0 Å². The first-order valence-electron chi connectivity index (χ1n) is 7.63. The zero-order valence-electron chi connectivity index (χ0n) is 14.5. The summed E-state index contributed by atoms with van der Waals surface area (Å²) in [5.41, 5.74) is 5.36. The SMILES string of the molecule is CC(C)N(C(=O)[C@@H](C)OC(=O)c1ccc([N+](=O)[O-])cc1N)C(C)C. The molecule has 2 N–H and O–H groups in total. The van der Waals surface area contributed by atoms with Gasteiger partial charge < -0.3 is 15.4 Å². The standard InChI is InChI=1S/C16H23N3O5/c1-9(2)18(10(3)4)15(20)11(5)24-16(21)13-7-6-12(19(22)23)8-14(13)17/h6-11H,17H2,1-5H3/t11-/m1/s1. The number of non-ortho nitro benzene ring substituents is 1. The van der Waals surface area contributed by atoms with E-state index in [1.54, 1.807) is 4.90 Å². The molecule has 0 bridgehead atoms. The number of benzene rings is 1. The van der Waals surface area contributed by atoms with E-state index in [1.807, 2.05) is 27.7 Å². The highest BCUT2D eigenvalue weighted by atomic mass is 16.6. The summed E-state index contributed by atoms with van der Waals surface area (Å²) >= 11 is 0. The van der Waals surface area contributed by atoms with Crippen LogP contribution in [-0.4, -0.2) is 39.9 Å². The molecule has 0 aliphatic heterocycles. The summed E-state index contributed by atoms with van der Waals surface area (Å²) in [6.45, 7) is 8.99. The summed E-state index contributed by atoms with van der Waals surface area (Å²) in [4.78, 5) is 36.3. The zero-order chi connectivity index (χ0) is 18.6. The molecular formula is C16H23N3O5. The van der Waals surface area contributed by atoms with Gasteiger partial charge in [-0.05, 0) is 40.7 Å². The van der Waals surface area contributed by atoms with Gasteiger partial charge in [-0.1, -0.05) is 0 Å². The second-order valence-corrected chi connectivity index (χ2v) is 6.01. The molecule has 8 heteroatoms. The topological polar surface area (TPSA) is 116 Å². The van der Waals surface area contributed by atoms with Gasteiger partial charge in [-0.2, -0.15) is 0 Å². The van der Waals surface area contributed by atoms with E-state index in [0.29, 0.717) is 0 Å². The Balaban J connectivity index is 2.91. The van der Waals surface area contributed by atoms with Crippen molar-refractivity contribution < 1.29 is 19.2 Å². The van der Waals surface area contributed by atoms with Crippen molar-refractivity contribution in [3.63, 3.8) is 0 Å². The van der Waals surface area contributed by atoms with E-state index in [0.717, 1.165) is 12.1 Å². The molecule has 1 amide bonds. The Morgan fingerprint density at radius 1 is 1.17 bits per heavy atom. The zero-order valence-corrected chi connectivity index (χ0v) is 14.5. The van der Waals surface area contributed by atoms with Crippen LogP contribution in [0.15, 0.2) is 18.2 Å². The number of nitrogens with zero attached hydrogens (tertiary/aromatic N) is 2. The van der Waals surface area contributed by atoms with Crippen LogP contribution >= 0.6 is 0 Å². The molecule has 0 spiro atoms. The molecule has 0 saturated carbocycles. The van der Waals surface area contributed by atoms with Crippen LogP contribution in [0.1, 0.15) is 45.0 Å². The lowest BCUT2D eigenvalue weighted by Gasteiger charge is -2.32. The maximum atomic E-state index is 12.4. The summed E-state index contributed by atoms with van der Waals surface area (Å²) in [5, 5.41) is 10.7. The highest BCUT2D eigenvalue weighted by Gasteiger charge is 2.28. The minimum atomic E-state index is -0.989. The van der Waals surface area contributed by atoms with Crippen molar-refractivity contribution in [2.75, 3.05) is 5.73 Å². The Kier molecular flexibility index (Phi) is 6.27. The number of nitrogens with two attached hydrogens (primary N) is 1. The van der Waals surface area contributed by atoms with Crippen LogP contribution < -0.4 is 5.73 Å². The van der Waals surface area contributed by atoms with Gasteiger partial charge in [0.05, 0.1) is 16.2 Å². The van der Waals surface area contributed by atoms with E-state index in [2.05, 4.69) is 0 Å². The number of nitro groups is 1. The average Bonchev–Trinajstić information content (AvgIpc) is 2.45. The van der Waals surface area contributed by atoms with Crippen molar-refractivity contribution in [2.45, 2.75) is 52.8 Å². The fourth-order valence-corrected chi connectivity index (χ4v) is 2.44. The maximum Gasteiger partial charge on any atom is 0.341 e. The molecular weight excluding hydrogens is 314 g/mol. The minimum Gasteiger partial charge on any atom is -0.449 e. The van der Waals surface area contributed by atoms with Gasteiger partial charge in [0.2, 0.25) is 0 Å². The summed E-state index contributed by atoms with van der Waals surface area (Å²) in [7, 11) is 0. The molecule has 0 heterocycles. The minimum absolute atomic E-state index is 0.0131. The van der Waals surface area contributed by atoms with E-state index in [-0.39, 0.29) is 34.9 Å². The monoisotopic (exact) mass is 337 g/mol. The molecule has 1 aromatic carbocycles. The number of hydrogen-bond donors (Lipinski definition) is 1. The fourth-order valence-electron chi connectivity index (χ4n) is 2.44. The molecule has 24 heavy (non-hydrogen) atoms. The number of carbonyl (C=O) groups is 2. The first kappa shape index (κ1) is 19.4. The van der Waals surface area contributed by atoms with Gasteiger partial charge in [-0.3, -0.25) is 14.9 Å². The Morgan fingerprint density at radius 3 is 2.12 bits per heavy atom. The third-order valence-corrected chi connectivity index (χ3v) is 3.46. The van der Waals surface area contributed by atoms with Crippen molar-refractivity contribution in [1.29, 1.82) is 0 Å². The van der Waals surface area contributed by atoms with E-state index in [9.17, 15) is 19.7 Å². The van der Waals surface area contributed by atoms with Crippen LogP contribution in [0.25, 0.3) is 0 Å². The Labute approximate surface area is 140 Å². The molecule has 132 valence electrons. The van der Waals surface area contributed by atoms with Crippen LogP contribution in [0.4, 0.5) is 11.4 Å². The molecule has 0 unspecified atom stereocenters. The lowest BCUT2D eigenvalue weighted by Crippen LogP contribution is -2.47. The smallest absolute Gasteiger partial charge is 0.341 e. The normalized spacial score (nSPS) is 12.1. The molecule has 0 radical (unpaired) electrons. The Hall–Kier alpha value is -2.64. The van der Waals surface area contributed by atoms with Crippen molar-refractivity contribution in [1.82, 2.24) is 4.90 Å². The summed E-state index contributed by atoms with van der Waals surface area (Å²) in [6.07, 6.45) is -0.989. The van der Waals surface area contributed by atoms with Crippen molar-refractivity contribution in [3.05, 3.63) is 33.9 Å². The first-order valence-corrected chi connectivity index (χ1v) is 7.63. The number of esters is 1. The largest absolute Gasteiger partial charge is 0.449 e.